The van der Waals surface area contributed by atoms with Crippen molar-refractivity contribution in [3.05, 3.63) is 89.8 Å². The molecule has 10 heteroatoms. The number of anilines is 1. The van der Waals surface area contributed by atoms with Gasteiger partial charge in [-0.15, -0.1) is 0 Å². The number of amides is 2. The highest BCUT2D eigenvalue weighted by atomic mass is 16.5. The van der Waals surface area contributed by atoms with Crippen LogP contribution in [0.25, 0.3) is 11.4 Å². The van der Waals surface area contributed by atoms with Gasteiger partial charge in [0.05, 0.1) is 32.0 Å². The largest absolute Gasteiger partial charge is 0.493 e. The molecule has 1 saturated heterocycles. The highest BCUT2D eigenvalue weighted by Crippen LogP contribution is 2.28. The summed E-state index contributed by atoms with van der Waals surface area (Å²) in [6.07, 6.45) is 2.02. The Labute approximate surface area is 245 Å². The van der Waals surface area contributed by atoms with E-state index in [-0.39, 0.29) is 17.7 Å². The molecule has 0 bridgehead atoms. The lowest BCUT2D eigenvalue weighted by atomic mass is 9.95. The lowest BCUT2D eigenvalue weighted by Crippen LogP contribution is -2.38. The van der Waals surface area contributed by atoms with Crippen molar-refractivity contribution in [3.63, 3.8) is 0 Å². The molecule has 3 aromatic carbocycles. The number of rotatable bonds is 11. The number of hydrogen-bond acceptors (Lipinski definition) is 8. The average molecular weight is 570 g/mol. The van der Waals surface area contributed by atoms with Crippen LogP contribution in [0.2, 0.25) is 0 Å². The summed E-state index contributed by atoms with van der Waals surface area (Å²) in [7, 11) is 3.19. The number of carbonyl (C=O) groups is 2. The van der Waals surface area contributed by atoms with Crippen LogP contribution in [0.3, 0.4) is 0 Å². The normalized spacial score (nSPS) is 13.9. The van der Waals surface area contributed by atoms with Gasteiger partial charge in [0.1, 0.15) is 0 Å². The van der Waals surface area contributed by atoms with Gasteiger partial charge in [-0.3, -0.25) is 14.5 Å². The number of likely N-dealkylation sites (tertiary alicyclic amines) is 1. The molecule has 5 rings (SSSR count). The van der Waals surface area contributed by atoms with Gasteiger partial charge in [-0.05, 0) is 62.2 Å². The predicted octanol–water partition coefficient (Wildman–Crippen LogP) is 4.58. The number of aromatic nitrogens is 2. The van der Waals surface area contributed by atoms with E-state index in [9.17, 15) is 9.59 Å². The third-order valence-corrected chi connectivity index (χ3v) is 7.39. The van der Waals surface area contributed by atoms with E-state index in [1.165, 1.54) is 0 Å². The van der Waals surface area contributed by atoms with Crippen LogP contribution < -0.4 is 20.1 Å². The van der Waals surface area contributed by atoms with Gasteiger partial charge in [-0.25, -0.2) is 0 Å². The van der Waals surface area contributed by atoms with Gasteiger partial charge < -0.3 is 24.6 Å². The molecule has 1 aliphatic rings. The van der Waals surface area contributed by atoms with Gasteiger partial charge in [-0.1, -0.05) is 53.7 Å². The second kappa shape index (κ2) is 13.8. The van der Waals surface area contributed by atoms with Crippen molar-refractivity contribution in [2.24, 2.45) is 5.92 Å². The first-order chi connectivity index (χ1) is 20.5. The highest BCUT2D eigenvalue weighted by molar-refractivity contribution is 6.04. The lowest BCUT2D eigenvalue weighted by molar-refractivity contribution is -0.121. The maximum atomic E-state index is 13.2. The maximum absolute atomic E-state index is 13.2. The number of carbonyl (C=O) groups excluding carboxylic acids is 2. The Bertz CT molecular complexity index is 1500. The van der Waals surface area contributed by atoms with Crippen molar-refractivity contribution in [2.45, 2.75) is 25.8 Å². The van der Waals surface area contributed by atoms with E-state index < -0.39 is 0 Å². The van der Waals surface area contributed by atoms with Gasteiger partial charge in [0, 0.05) is 18.0 Å². The smallest absolute Gasteiger partial charge is 0.253 e. The molecule has 4 aromatic rings. The second-order valence-electron chi connectivity index (χ2n) is 10.2. The van der Waals surface area contributed by atoms with Gasteiger partial charge in [0.25, 0.3) is 5.91 Å². The Balaban J connectivity index is 1.10. The van der Waals surface area contributed by atoms with Crippen molar-refractivity contribution in [3.8, 4) is 22.9 Å². The molecule has 1 aliphatic heterocycles. The Morgan fingerprint density at radius 1 is 0.952 bits per heavy atom. The molecule has 218 valence electrons. The van der Waals surface area contributed by atoms with Crippen LogP contribution in [0.4, 0.5) is 5.69 Å². The molecule has 2 N–H and O–H groups in total. The number of piperidine rings is 1. The van der Waals surface area contributed by atoms with E-state index in [2.05, 4.69) is 25.7 Å². The summed E-state index contributed by atoms with van der Waals surface area (Å²) in [5.41, 5.74) is 2.86. The standard InChI is InChI=1S/C32H35N5O5/c1-40-27-13-12-22(20-28(27)41-2)14-17-33-32(39)25-10-6-7-11-26(25)34-31(38)24-15-18-37(19-16-24)21-29-35-30(36-42-29)23-8-4-3-5-9-23/h3-13,20,24H,14-19,21H2,1-2H3,(H,33,39)(H,34,38). The van der Waals surface area contributed by atoms with Gasteiger partial charge >= 0.3 is 0 Å². The minimum atomic E-state index is -0.240. The molecular weight excluding hydrogens is 534 g/mol. The molecule has 42 heavy (non-hydrogen) atoms. The molecule has 0 atom stereocenters. The van der Waals surface area contributed by atoms with Gasteiger partial charge in [0.15, 0.2) is 11.5 Å². The molecule has 1 fully saturated rings. The van der Waals surface area contributed by atoms with Crippen molar-refractivity contribution >= 4 is 17.5 Å². The maximum Gasteiger partial charge on any atom is 0.253 e. The third-order valence-electron chi connectivity index (χ3n) is 7.39. The van der Waals surface area contributed by atoms with Crippen molar-refractivity contribution in [2.75, 3.05) is 39.2 Å². The van der Waals surface area contributed by atoms with Gasteiger partial charge in [0.2, 0.25) is 17.6 Å². The summed E-state index contributed by atoms with van der Waals surface area (Å²) in [6.45, 7) is 2.45. The fourth-order valence-electron chi connectivity index (χ4n) is 5.04. The number of para-hydroxylation sites is 1. The number of hydrogen-bond donors (Lipinski definition) is 2. The molecule has 2 amide bonds. The molecule has 0 saturated carbocycles. The number of nitrogens with one attached hydrogen (secondary N) is 2. The monoisotopic (exact) mass is 569 g/mol. The first-order valence-electron chi connectivity index (χ1n) is 14.0. The Morgan fingerprint density at radius 3 is 2.45 bits per heavy atom. The van der Waals surface area contributed by atoms with Crippen LogP contribution >= 0.6 is 0 Å². The van der Waals surface area contributed by atoms with E-state index >= 15 is 0 Å². The van der Waals surface area contributed by atoms with Gasteiger partial charge in [-0.2, -0.15) is 4.98 Å². The molecule has 0 unspecified atom stereocenters. The number of ether oxygens (including phenoxy) is 2. The molecule has 1 aromatic heterocycles. The SMILES string of the molecule is COc1ccc(CCNC(=O)c2ccccc2NC(=O)C2CCN(Cc3nc(-c4ccccc4)no3)CC2)cc1OC. The van der Waals surface area contributed by atoms with Crippen LogP contribution in [0.1, 0.15) is 34.7 Å². The van der Waals surface area contributed by atoms with Crippen LogP contribution in [0.5, 0.6) is 11.5 Å². The summed E-state index contributed by atoms with van der Waals surface area (Å²) in [6, 6.07) is 22.5. The quantitative estimate of drug-likeness (QED) is 0.270. The second-order valence-corrected chi connectivity index (χ2v) is 10.2. The fourth-order valence-corrected chi connectivity index (χ4v) is 5.04. The summed E-state index contributed by atoms with van der Waals surface area (Å²) >= 11 is 0. The van der Waals surface area contributed by atoms with E-state index in [0.717, 1.165) is 24.2 Å². The van der Waals surface area contributed by atoms with Crippen molar-refractivity contribution < 1.29 is 23.6 Å². The average Bonchev–Trinajstić information content (AvgIpc) is 3.50. The van der Waals surface area contributed by atoms with Crippen LogP contribution in [-0.4, -0.2) is 60.7 Å². The summed E-state index contributed by atoms with van der Waals surface area (Å²) < 4.78 is 16.1. The third kappa shape index (κ3) is 7.13. The van der Waals surface area contributed by atoms with E-state index in [1.807, 2.05) is 54.6 Å². The molecule has 0 radical (unpaired) electrons. The molecule has 0 spiro atoms. The Morgan fingerprint density at radius 2 is 1.69 bits per heavy atom. The van der Waals surface area contributed by atoms with E-state index in [0.29, 0.717) is 66.8 Å². The van der Waals surface area contributed by atoms with E-state index in [1.54, 1.807) is 32.4 Å². The summed E-state index contributed by atoms with van der Waals surface area (Å²) in [5, 5.41) is 10.0. The first kappa shape index (κ1) is 28.8. The lowest BCUT2D eigenvalue weighted by Gasteiger charge is -2.30. The molecule has 10 nitrogen and oxygen atoms in total. The fraction of sp³-hybridized carbons (Fsp3) is 0.312. The zero-order valence-corrected chi connectivity index (χ0v) is 23.8. The molecule has 2 heterocycles. The first-order valence-corrected chi connectivity index (χ1v) is 14.0. The van der Waals surface area contributed by atoms with E-state index in [4.69, 9.17) is 14.0 Å². The highest BCUT2D eigenvalue weighted by Gasteiger charge is 2.27. The molecular formula is C32H35N5O5. The zero-order chi connectivity index (χ0) is 29.3. The zero-order valence-electron chi connectivity index (χ0n) is 23.8. The Kier molecular flexibility index (Phi) is 9.45. The van der Waals surface area contributed by atoms with Crippen LogP contribution in [0.15, 0.2) is 77.3 Å². The van der Waals surface area contributed by atoms with Crippen molar-refractivity contribution in [1.29, 1.82) is 0 Å². The molecule has 0 aliphatic carbocycles. The minimum absolute atomic E-state index is 0.0793. The van der Waals surface area contributed by atoms with Crippen LogP contribution in [0, 0.1) is 5.92 Å². The summed E-state index contributed by atoms with van der Waals surface area (Å²) in [5.74, 6) is 1.97. The number of benzene rings is 3. The number of nitrogens with zero attached hydrogens (tertiary/aromatic N) is 3. The minimum Gasteiger partial charge on any atom is -0.493 e. The predicted molar refractivity (Wildman–Crippen MR) is 158 cm³/mol. The summed E-state index contributed by atoms with van der Waals surface area (Å²) in [4.78, 5) is 32.9. The topological polar surface area (TPSA) is 119 Å². The van der Waals surface area contributed by atoms with Crippen LogP contribution in [-0.2, 0) is 17.8 Å². The Hall–Kier alpha value is -4.70. The van der Waals surface area contributed by atoms with Crippen molar-refractivity contribution in [1.82, 2.24) is 20.4 Å². The number of methoxy groups -OCH3 is 2.